The average Bonchev–Trinajstić information content (AvgIpc) is 2.79. The Labute approximate surface area is 140 Å². The molecule has 1 heterocycles. The number of carbonyl (C=O) groups excluding carboxylic acids is 3. The number of nitrogens with one attached hydrogen (secondary N) is 1. The van der Waals surface area contributed by atoms with Gasteiger partial charge in [0.05, 0.1) is 16.8 Å². The van der Waals surface area contributed by atoms with E-state index in [1.54, 1.807) is 48.5 Å². The van der Waals surface area contributed by atoms with Crippen LogP contribution < -0.4 is 10.2 Å². The van der Waals surface area contributed by atoms with E-state index in [1.165, 1.54) is 0 Å². The van der Waals surface area contributed by atoms with Crippen molar-refractivity contribution < 1.29 is 14.4 Å². The molecule has 24 heavy (non-hydrogen) atoms. The lowest BCUT2D eigenvalue weighted by Crippen LogP contribution is -2.30. The highest BCUT2D eigenvalue weighted by Gasteiger charge is 2.36. The van der Waals surface area contributed by atoms with Gasteiger partial charge in [-0.1, -0.05) is 39.0 Å². The van der Waals surface area contributed by atoms with Gasteiger partial charge in [0, 0.05) is 11.1 Å². The summed E-state index contributed by atoms with van der Waals surface area (Å²) < 4.78 is 0. The number of hydrogen-bond donors (Lipinski definition) is 1. The summed E-state index contributed by atoms with van der Waals surface area (Å²) in [7, 11) is 0. The maximum Gasteiger partial charge on any atom is 0.266 e. The van der Waals surface area contributed by atoms with Crippen LogP contribution >= 0.6 is 0 Å². The SMILES string of the molecule is CC(C)(C)C(=O)Nc1cccc(N2C(=O)c3ccccc3C2=O)c1. The van der Waals surface area contributed by atoms with Gasteiger partial charge in [0.2, 0.25) is 5.91 Å². The number of anilines is 2. The Hall–Kier alpha value is -2.95. The summed E-state index contributed by atoms with van der Waals surface area (Å²) in [4.78, 5) is 38.3. The normalized spacial score (nSPS) is 13.9. The van der Waals surface area contributed by atoms with Gasteiger partial charge in [-0.15, -0.1) is 0 Å². The number of carbonyl (C=O) groups is 3. The van der Waals surface area contributed by atoms with Crippen LogP contribution in [0.5, 0.6) is 0 Å². The molecule has 3 amide bonds. The smallest absolute Gasteiger partial charge is 0.266 e. The summed E-state index contributed by atoms with van der Waals surface area (Å²) in [6, 6.07) is 13.5. The monoisotopic (exact) mass is 322 g/mol. The molecule has 0 aliphatic carbocycles. The van der Waals surface area contributed by atoms with E-state index in [-0.39, 0.29) is 17.7 Å². The molecule has 0 fully saturated rings. The second-order valence-electron chi connectivity index (χ2n) is 6.75. The standard InChI is InChI=1S/C19H18N2O3/c1-19(2,3)18(24)20-12-7-6-8-13(11-12)21-16(22)14-9-4-5-10-15(14)17(21)23/h4-11H,1-3H3,(H,20,24). The van der Waals surface area contributed by atoms with E-state index in [4.69, 9.17) is 0 Å². The van der Waals surface area contributed by atoms with Gasteiger partial charge in [0.25, 0.3) is 11.8 Å². The highest BCUT2D eigenvalue weighted by atomic mass is 16.2. The van der Waals surface area contributed by atoms with Crippen molar-refractivity contribution in [3.05, 3.63) is 59.7 Å². The molecule has 1 aliphatic rings. The van der Waals surface area contributed by atoms with Crippen LogP contribution in [0.2, 0.25) is 0 Å². The van der Waals surface area contributed by atoms with E-state index in [1.807, 2.05) is 20.8 Å². The van der Waals surface area contributed by atoms with Gasteiger partial charge in [-0.3, -0.25) is 14.4 Å². The first kappa shape index (κ1) is 15.9. The topological polar surface area (TPSA) is 66.5 Å². The molecule has 2 aromatic carbocycles. The van der Waals surface area contributed by atoms with Crippen LogP contribution in [0.15, 0.2) is 48.5 Å². The lowest BCUT2D eigenvalue weighted by molar-refractivity contribution is -0.123. The van der Waals surface area contributed by atoms with Crippen molar-refractivity contribution in [2.45, 2.75) is 20.8 Å². The van der Waals surface area contributed by atoms with Gasteiger partial charge in [-0.2, -0.15) is 0 Å². The van der Waals surface area contributed by atoms with Crippen LogP contribution in [0.4, 0.5) is 11.4 Å². The fourth-order valence-corrected chi connectivity index (χ4v) is 2.47. The summed E-state index contributed by atoms with van der Waals surface area (Å²) in [5, 5.41) is 2.81. The van der Waals surface area contributed by atoms with Crippen LogP contribution in [0, 0.1) is 5.41 Å². The molecule has 5 heteroatoms. The molecular weight excluding hydrogens is 304 g/mol. The third-order valence-electron chi connectivity index (χ3n) is 3.84. The lowest BCUT2D eigenvalue weighted by atomic mass is 9.95. The van der Waals surface area contributed by atoms with Crippen LogP contribution in [-0.4, -0.2) is 17.7 Å². The maximum absolute atomic E-state index is 12.5. The van der Waals surface area contributed by atoms with Crippen molar-refractivity contribution in [3.8, 4) is 0 Å². The summed E-state index contributed by atoms with van der Waals surface area (Å²) >= 11 is 0. The van der Waals surface area contributed by atoms with Gasteiger partial charge in [0.1, 0.15) is 0 Å². The molecule has 0 aromatic heterocycles. The van der Waals surface area contributed by atoms with Gasteiger partial charge >= 0.3 is 0 Å². The number of hydrogen-bond acceptors (Lipinski definition) is 3. The molecule has 1 N–H and O–H groups in total. The summed E-state index contributed by atoms with van der Waals surface area (Å²) in [5.74, 6) is -0.841. The third kappa shape index (κ3) is 2.69. The first-order chi connectivity index (χ1) is 11.3. The first-order valence-electron chi connectivity index (χ1n) is 7.68. The fourth-order valence-electron chi connectivity index (χ4n) is 2.47. The predicted molar refractivity (Wildman–Crippen MR) is 92.1 cm³/mol. The Bertz CT molecular complexity index is 815. The van der Waals surface area contributed by atoms with Crippen molar-refractivity contribution in [2.75, 3.05) is 10.2 Å². The second kappa shape index (κ2) is 5.60. The predicted octanol–water partition coefficient (Wildman–Crippen LogP) is 3.47. The summed E-state index contributed by atoms with van der Waals surface area (Å²) in [5.41, 5.74) is 1.24. The highest BCUT2D eigenvalue weighted by Crippen LogP contribution is 2.30. The maximum atomic E-state index is 12.5. The van der Waals surface area contributed by atoms with Gasteiger partial charge in [-0.05, 0) is 30.3 Å². The Morgan fingerprint density at radius 3 is 2.04 bits per heavy atom. The van der Waals surface area contributed by atoms with Crippen LogP contribution in [-0.2, 0) is 4.79 Å². The van der Waals surface area contributed by atoms with E-state index in [0.717, 1.165) is 4.90 Å². The molecule has 5 nitrogen and oxygen atoms in total. The zero-order chi connectivity index (χ0) is 17.5. The largest absolute Gasteiger partial charge is 0.326 e. The minimum atomic E-state index is -0.536. The zero-order valence-corrected chi connectivity index (χ0v) is 13.8. The quantitative estimate of drug-likeness (QED) is 0.861. The molecule has 3 rings (SSSR count). The van der Waals surface area contributed by atoms with E-state index < -0.39 is 5.41 Å². The van der Waals surface area contributed by atoms with Gasteiger partial charge in [-0.25, -0.2) is 4.90 Å². The molecule has 0 atom stereocenters. The van der Waals surface area contributed by atoms with Crippen LogP contribution in [0.25, 0.3) is 0 Å². The number of nitrogens with zero attached hydrogens (tertiary/aromatic N) is 1. The van der Waals surface area contributed by atoms with E-state index >= 15 is 0 Å². The number of amides is 3. The van der Waals surface area contributed by atoms with Crippen molar-refractivity contribution in [2.24, 2.45) is 5.41 Å². The number of imide groups is 1. The van der Waals surface area contributed by atoms with E-state index in [2.05, 4.69) is 5.32 Å². The first-order valence-corrected chi connectivity index (χ1v) is 7.68. The minimum absolute atomic E-state index is 0.137. The molecule has 0 saturated heterocycles. The molecule has 0 bridgehead atoms. The van der Waals surface area contributed by atoms with Crippen molar-refractivity contribution in [1.29, 1.82) is 0 Å². The lowest BCUT2D eigenvalue weighted by Gasteiger charge is -2.19. The van der Waals surface area contributed by atoms with Gasteiger partial charge in [0.15, 0.2) is 0 Å². The van der Waals surface area contributed by atoms with Crippen LogP contribution in [0.3, 0.4) is 0 Å². The second-order valence-corrected chi connectivity index (χ2v) is 6.75. The molecule has 2 aromatic rings. The van der Waals surface area contributed by atoms with E-state index in [0.29, 0.717) is 22.5 Å². The Morgan fingerprint density at radius 1 is 0.917 bits per heavy atom. The minimum Gasteiger partial charge on any atom is -0.326 e. The van der Waals surface area contributed by atoms with E-state index in [9.17, 15) is 14.4 Å². The van der Waals surface area contributed by atoms with Crippen molar-refractivity contribution in [3.63, 3.8) is 0 Å². The zero-order valence-electron chi connectivity index (χ0n) is 13.8. The number of rotatable bonds is 2. The van der Waals surface area contributed by atoms with Crippen molar-refractivity contribution in [1.82, 2.24) is 0 Å². The Morgan fingerprint density at radius 2 is 1.50 bits per heavy atom. The Kier molecular flexibility index (Phi) is 3.72. The Balaban J connectivity index is 1.92. The van der Waals surface area contributed by atoms with Crippen LogP contribution in [0.1, 0.15) is 41.5 Å². The summed E-state index contributed by atoms with van der Waals surface area (Å²) in [6.45, 7) is 5.45. The molecule has 0 saturated carbocycles. The van der Waals surface area contributed by atoms with Crippen molar-refractivity contribution >= 4 is 29.1 Å². The van der Waals surface area contributed by atoms with Gasteiger partial charge < -0.3 is 5.32 Å². The third-order valence-corrected chi connectivity index (χ3v) is 3.84. The number of fused-ring (bicyclic) bond motifs is 1. The highest BCUT2D eigenvalue weighted by molar-refractivity contribution is 6.34. The molecule has 122 valence electrons. The molecule has 0 unspecified atom stereocenters. The molecular formula is C19H18N2O3. The fraction of sp³-hybridized carbons (Fsp3) is 0.211. The summed E-state index contributed by atoms with van der Waals surface area (Å²) in [6.07, 6.45) is 0. The number of benzene rings is 2. The molecule has 1 aliphatic heterocycles. The molecule has 0 radical (unpaired) electrons. The average molecular weight is 322 g/mol. The molecule has 0 spiro atoms.